The van der Waals surface area contributed by atoms with Crippen LogP contribution in [-0.4, -0.2) is 30.0 Å². The Kier molecular flexibility index (Phi) is 5.37. The second-order valence-electron chi connectivity index (χ2n) is 7.64. The molecule has 0 spiro atoms. The number of nitrogens with zero attached hydrogens (tertiary/aromatic N) is 1. The van der Waals surface area contributed by atoms with Crippen LogP contribution in [0, 0.1) is 29.9 Å². The van der Waals surface area contributed by atoms with Crippen molar-refractivity contribution in [1.29, 1.82) is 0 Å². The molecule has 0 aromatic heterocycles. The van der Waals surface area contributed by atoms with Crippen LogP contribution in [0.4, 0.5) is 11.4 Å². The summed E-state index contributed by atoms with van der Waals surface area (Å²) in [4.78, 5) is 24.8. The molecule has 3 atom stereocenters. The van der Waals surface area contributed by atoms with Crippen LogP contribution in [0.25, 0.3) is 0 Å². The van der Waals surface area contributed by atoms with Gasteiger partial charge in [-0.15, -0.1) is 0 Å². The predicted octanol–water partition coefficient (Wildman–Crippen LogP) is 2.39. The minimum absolute atomic E-state index is 0.0272. The Morgan fingerprint density at radius 2 is 1.88 bits per heavy atom. The van der Waals surface area contributed by atoms with Gasteiger partial charge in [-0.3, -0.25) is 14.9 Å². The standard InChI is InChI=1S/C19H27N3O3/c1-13-10-16(18(22(24)25)11-14(13)2)20-19(23)12-21-9-5-7-15-6-3-4-8-17(15)21/h10-11,15,17H,3-9,12H2,1-2H3,(H,20,23)/p+1/t15-,17+/m1/s1. The molecule has 1 aliphatic carbocycles. The van der Waals surface area contributed by atoms with Crippen molar-refractivity contribution in [2.75, 3.05) is 18.4 Å². The fraction of sp³-hybridized carbons (Fsp3) is 0.632. The number of carbonyl (C=O) groups excluding carboxylic acids is 1. The van der Waals surface area contributed by atoms with Gasteiger partial charge in [0.15, 0.2) is 6.54 Å². The van der Waals surface area contributed by atoms with Crippen molar-refractivity contribution in [3.63, 3.8) is 0 Å². The number of fused-ring (bicyclic) bond motifs is 1. The minimum Gasteiger partial charge on any atom is -0.324 e. The lowest BCUT2D eigenvalue weighted by Crippen LogP contribution is -3.18. The lowest BCUT2D eigenvalue weighted by molar-refractivity contribution is -0.928. The molecule has 1 saturated carbocycles. The summed E-state index contributed by atoms with van der Waals surface area (Å²) in [5.74, 6) is 0.633. The van der Waals surface area contributed by atoms with E-state index < -0.39 is 4.92 Å². The summed E-state index contributed by atoms with van der Waals surface area (Å²) in [6.45, 7) is 5.18. The summed E-state index contributed by atoms with van der Waals surface area (Å²) >= 11 is 0. The second-order valence-corrected chi connectivity index (χ2v) is 7.64. The molecule has 136 valence electrons. The highest BCUT2D eigenvalue weighted by molar-refractivity contribution is 5.94. The van der Waals surface area contributed by atoms with Gasteiger partial charge in [-0.05, 0) is 63.1 Å². The normalized spacial score (nSPS) is 25.9. The van der Waals surface area contributed by atoms with Crippen LogP contribution in [-0.2, 0) is 4.79 Å². The number of quaternary nitrogens is 1. The molecule has 6 nitrogen and oxygen atoms in total. The average Bonchev–Trinajstić information content (AvgIpc) is 2.58. The predicted molar refractivity (Wildman–Crippen MR) is 96.9 cm³/mol. The van der Waals surface area contributed by atoms with E-state index in [4.69, 9.17) is 0 Å². The van der Waals surface area contributed by atoms with E-state index in [1.807, 2.05) is 13.8 Å². The Morgan fingerprint density at radius 3 is 2.64 bits per heavy atom. The average molecular weight is 346 g/mol. The summed E-state index contributed by atoms with van der Waals surface area (Å²) in [7, 11) is 0. The molecule has 3 rings (SSSR count). The van der Waals surface area contributed by atoms with Gasteiger partial charge in [-0.2, -0.15) is 0 Å². The van der Waals surface area contributed by atoms with Crippen LogP contribution in [0.15, 0.2) is 12.1 Å². The third-order valence-corrected chi connectivity index (χ3v) is 5.98. The monoisotopic (exact) mass is 346 g/mol. The van der Waals surface area contributed by atoms with Crippen LogP contribution in [0.2, 0.25) is 0 Å². The van der Waals surface area contributed by atoms with Gasteiger partial charge in [-0.25, -0.2) is 0 Å². The maximum Gasteiger partial charge on any atom is 0.293 e. The van der Waals surface area contributed by atoms with Crippen LogP contribution in [0.1, 0.15) is 49.7 Å². The van der Waals surface area contributed by atoms with Gasteiger partial charge in [0.25, 0.3) is 11.6 Å². The van der Waals surface area contributed by atoms with Gasteiger partial charge in [0.05, 0.1) is 17.5 Å². The van der Waals surface area contributed by atoms with Gasteiger partial charge in [-0.1, -0.05) is 6.42 Å². The fourth-order valence-corrected chi connectivity index (χ4v) is 4.54. The lowest BCUT2D eigenvalue weighted by Gasteiger charge is -2.40. The van der Waals surface area contributed by atoms with Gasteiger partial charge in [0.1, 0.15) is 5.69 Å². The van der Waals surface area contributed by atoms with Crippen LogP contribution >= 0.6 is 0 Å². The highest BCUT2D eigenvalue weighted by Crippen LogP contribution is 2.29. The molecule has 1 unspecified atom stereocenters. The largest absolute Gasteiger partial charge is 0.324 e. The number of carbonyl (C=O) groups is 1. The molecule has 0 bridgehead atoms. The number of hydrogen-bond acceptors (Lipinski definition) is 3. The summed E-state index contributed by atoms with van der Waals surface area (Å²) in [5.41, 5.74) is 2.09. The molecular weight excluding hydrogens is 318 g/mol. The first kappa shape index (κ1) is 17.9. The molecule has 1 saturated heterocycles. The van der Waals surface area contributed by atoms with Crippen LogP contribution in [0.5, 0.6) is 0 Å². The molecule has 1 heterocycles. The Bertz CT molecular complexity index is 672. The smallest absolute Gasteiger partial charge is 0.293 e. The minimum atomic E-state index is -0.424. The molecule has 0 radical (unpaired) electrons. The highest BCUT2D eigenvalue weighted by Gasteiger charge is 2.37. The van der Waals surface area contributed by atoms with E-state index in [9.17, 15) is 14.9 Å². The zero-order valence-corrected chi connectivity index (χ0v) is 15.1. The number of nitrogens with one attached hydrogen (secondary N) is 2. The number of anilines is 1. The lowest BCUT2D eigenvalue weighted by atomic mass is 9.78. The Morgan fingerprint density at radius 1 is 1.20 bits per heavy atom. The molecule has 2 aliphatic rings. The first-order chi connectivity index (χ1) is 12.0. The molecule has 1 aromatic carbocycles. The zero-order chi connectivity index (χ0) is 18.0. The van der Waals surface area contributed by atoms with Gasteiger partial charge in [0.2, 0.25) is 0 Å². The summed E-state index contributed by atoms with van der Waals surface area (Å²) < 4.78 is 0. The van der Waals surface area contributed by atoms with E-state index in [0.29, 0.717) is 18.3 Å². The van der Waals surface area contributed by atoms with Crippen molar-refractivity contribution in [1.82, 2.24) is 0 Å². The van der Waals surface area contributed by atoms with Crippen molar-refractivity contribution < 1.29 is 14.6 Å². The Balaban J connectivity index is 1.70. The first-order valence-corrected chi connectivity index (χ1v) is 9.35. The Labute approximate surface area is 148 Å². The molecule has 1 aromatic rings. The summed E-state index contributed by atoms with van der Waals surface area (Å²) in [5, 5.41) is 14.1. The zero-order valence-electron chi connectivity index (χ0n) is 15.1. The number of nitro benzene ring substituents is 1. The molecule has 2 N–H and O–H groups in total. The van der Waals surface area contributed by atoms with E-state index in [1.54, 1.807) is 6.07 Å². The number of rotatable bonds is 4. The van der Waals surface area contributed by atoms with Crippen molar-refractivity contribution in [3.05, 3.63) is 33.4 Å². The quantitative estimate of drug-likeness (QED) is 0.649. The Hall–Kier alpha value is -1.95. The maximum absolute atomic E-state index is 12.6. The molecule has 6 heteroatoms. The molecule has 2 fully saturated rings. The fourth-order valence-electron chi connectivity index (χ4n) is 4.54. The molecular formula is C19H28N3O3+. The number of likely N-dealkylation sites (tertiary alicyclic amines) is 1. The SMILES string of the molecule is Cc1cc(NC(=O)C[NH+]2CCC[C@H]3CCCC[C@@H]32)c([N+](=O)[O-])cc1C. The topological polar surface area (TPSA) is 76.7 Å². The number of amides is 1. The maximum atomic E-state index is 12.6. The van der Waals surface area contributed by atoms with E-state index in [-0.39, 0.29) is 11.6 Å². The van der Waals surface area contributed by atoms with Gasteiger partial charge in [0, 0.05) is 12.0 Å². The highest BCUT2D eigenvalue weighted by atomic mass is 16.6. The van der Waals surface area contributed by atoms with Crippen LogP contribution < -0.4 is 10.2 Å². The number of aryl methyl sites for hydroxylation is 2. The molecule has 1 amide bonds. The van der Waals surface area contributed by atoms with Crippen molar-refractivity contribution >= 4 is 17.3 Å². The van der Waals surface area contributed by atoms with E-state index in [2.05, 4.69) is 5.32 Å². The third kappa shape index (κ3) is 4.00. The number of hydrogen-bond donors (Lipinski definition) is 2. The summed E-state index contributed by atoms with van der Waals surface area (Å²) in [6, 6.07) is 3.83. The number of piperidine rings is 1. The van der Waals surface area contributed by atoms with Gasteiger partial charge < -0.3 is 10.2 Å². The van der Waals surface area contributed by atoms with Gasteiger partial charge >= 0.3 is 0 Å². The first-order valence-electron chi connectivity index (χ1n) is 9.35. The van der Waals surface area contributed by atoms with E-state index in [0.717, 1.165) is 23.6 Å². The van der Waals surface area contributed by atoms with Crippen molar-refractivity contribution in [2.24, 2.45) is 5.92 Å². The van der Waals surface area contributed by atoms with Crippen molar-refractivity contribution in [2.45, 2.75) is 58.4 Å². The number of benzene rings is 1. The molecule has 25 heavy (non-hydrogen) atoms. The van der Waals surface area contributed by atoms with E-state index >= 15 is 0 Å². The number of nitro groups is 1. The second kappa shape index (κ2) is 7.52. The third-order valence-electron chi connectivity index (χ3n) is 5.98. The van der Waals surface area contributed by atoms with Crippen LogP contribution in [0.3, 0.4) is 0 Å². The van der Waals surface area contributed by atoms with Crippen molar-refractivity contribution in [3.8, 4) is 0 Å². The summed E-state index contributed by atoms with van der Waals surface area (Å²) in [6.07, 6.45) is 7.53. The molecule has 1 aliphatic heterocycles. The van der Waals surface area contributed by atoms with E-state index in [1.165, 1.54) is 49.5 Å².